The van der Waals surface area contributed by atoms with E-state index in [0.717, 1.165) is 36.1 Å². The maximum atomic E-state index is 13.9. The molecular formula is C27H24Cl2N4O3S2. The molecule has 2 aromatic carbocycles. The predicted octanol–water partition coefficient (Wildman–Crippen LogP) is 6.27. The number of hydrogen-bond donors (Lipinski definition) is 1. The van der Waals surface area contributed by atoms with Gasteiger partial charge in [-0.15, -0.1) is 11.3 Å². The molecule has 0 unspecified atom stereocenters. The molecule has 38 heavy (non-hydrogen) atoms. The summed E-state index contributed by atoms with van der Waals surface area (Å²) in [6, 6.07) is 12.3. The molecule has 0 aliphatic heterocycles. The van der Waals surface area contributed by atoms with E-state index in [1.807, 2.05) is 12.1 Å². The number of rotatable bonds is 7. The average molecular weight is 588 g/mol. The Morgan fingerprint density at radius 2 is 1.95 bits per heavy atom. The number of nitrogens with one attached hydrogen (secondary N) is 1. The number of carbonyl (C=O) groups is 1. The van der Waals surface area contributed by atoms with Gasteiger partial charge in [-0.1, -0.05) is 41.0 Å². The zero-order chi connectivity index (χ0) is 26.8. The Bertz CT molecular complexity index is 1610. The van der Waals surface area contributed by atoms with Gasteiger partial charge in [0.15, 0.2) is 5.16 Å². The number of carbonyl (C=O) groups excluding carboxylic acids is 1. The molecule has 1 aliphatic rings. The Labute approximate surface area is 237 Å². The van der Waals surface area contributed by atoms with E-state index >= 15 is 0 Å². The lowest BCUT2D eigenvalue weighted by atomic mass is 9.97. The Kier molecular flexibility index (Phi) is 8.09. The van der Waals surface area contributed by atoms with Gasteiger partial charge in [0.1, 0.15) is 10.6 Å². The molecule has 1 N–H and O–H groups in total. The van der Waals surface area contributed by atoms with E-state index in [1.165, 1.54) is 16.6 Å². The minimum Gasteiger partial charge on any atom is -0.497 e. The van der Waals surface area contributed by atoms with Crippen LogP contribution >= 0.6 is 46.3 Å². The van der Waals surface area contributed by atoms with Crippen molar-refractivity contribution >= 4 is 68.1 Å². The maximum Gasteiger partial charge on any atom is 0.267 e. The van der Waals surface area contributed by atoms with Crippen LogP contribution in [0.3, 0.4) is 0 Å². The minimum atomic E-state index is -0.333. The number of hydrogen-bond acceptors (Lipinski definition) is 7. The summed E-state index contributed by atoms with van der Waals surface area (Å²) in [7, 11) is 1.59. The molecule has 7 nitrogen and oxygen atoms in total. The molecule has 0 fully saturated rings. The van der Waals surface area contributed by atoms with Crippen LogP contribution in [0.4, 0.5) is 0 Å². The standard InChI is InChI=1S/C27H24Cl2N4O3S2/c1-15(19-12-7-16(28)13-21(19)29)31-32-23(34)14-37-27-30-25-24(20-5-3-4-6-22(20)38-25)26(35)33(27)17-8-10-18(36-2)11-9-17/h7-13H,3-6,14H2,1-2H3,(H,32,34). The van der Waals surface area contributed by atoms with Gasteiger partial charge in [0.25, 0.3) is 11.5 Å². The molecule has 0 saturated heterocycles. The number of fused-ring (bicyclic) bond motifs is 3. The van der Waals surface area contributed by atoms with Crippen molar-refractivity contribution in [1.29, 1.82) is 0 Å². The van der Waals surface area contributed by atoms with Gasteiger partial charge in [-0.05, 0) is 74.6 Å². The summed E-state index contributed by atoms with van der Waals surface area (Å²) in [6.45, 7) is 1.75. The Morgan fingerprint density at radius 1 is 1.18 bits per heavy atom. The second kappa shape index (κ2) is 11.5. The molecular weight excluding hydrogens is 563 g/mol. The number of methoxy groups -OCH3 is 1. The van der Waals surface area contributed by atoms with E-state index in [0.29, 0.717) is 43.3 Å². The van der Waals surface area contributed by atoms with Crippen LogP contribution in [0.1, 0.15) is 35.8 Å². The Morgan fingerprint density at radius 3 is 2.68 bits per heavy atom. The van der Waals surface area contributed by atoms with Gasteiger partial charge >= 0.3 is 0 Å². The fourth-order valence-corrected chi connectivity index (χ4v) is 7.05. The molecule has 2 aromatic heterocycles. The highest BCUT2D eigenvalue weighted by molar-refractivity contribution is 7.99. The summed E-state index contributed by atoms with van der Waals surface area (Å²) in [5.74, 6) is 0.372. The van der Waals surface area contributed by atoms with Crippen molar-refractivity contribution in [3.05, 3.63) is 78.9 Å². The van der Waals surface area contributed by atoms with Crippen LogP contribution in [0.25, 0.3) is 15.9 Å². The SMILES string of the molecule is COc1ccc(-n2c(SCC(=O)NN=C(C)c3ccc(Cl)cc3Cl)nc3sc4c(c3c2=O)CCCC4)cc1. The predicted molar refractivity (Wildman–Crippen MR) is 156 cm³/mol. The van der Waals surface area contributed by atoms with Gasteiger partial charge in [-0.2, -0.15) is 5.10 Å². The van der Waals surface area contributed by atoms with E-state index in [1.54, 1.807) is 60.3 Å². The van der Waals surface area contributed by atoms with Crippen molar-refractivity contribution in [2.45, 2.75) is 37.8 Å². The molecule has 196 valence electrons. The molecule has 1 aliphatic carbocycles. The smallest absolute Gasteiger partial charge is 0.267 e. The largest absolute Gasteiger partial charge is 0.497 e. The number of thioether (sulfide) groups is 1. The molecule has 0 radical (unpaired) electrons. The molecule has 0 saturated carbocycles. The summed E-state index contributed by atoms with van der Waals surface area (Å²) in [5.41, 5.74) is 5.45. The zero-order valence-corrected chi connectivity index (χ0v) is 23.9. The van der Waals surface area contributed by atoms with E-state index in [-0.39, 0.29) is 17.2 Å². The van der Waals surface area contributed by atoms with Gasteiger partial charge < -0.3 is 4.74 Å². The number of amides is 1. The van der Waals surface area contributed by atoms with Crippen LogP contribution in [0.5, 0.6) is 5.75 Å². The first-order valence-electron chi connectivity index (χ1n) is 12.0. The van der Waals surface area contributed by atoms with Crippen molar-refractivity contribution in [2.75, 3.05) is 12.9 Å². The second-order valence-electron chi connectivity index (χ2n) is 8.77. The molecule has 2 heterocycles. The lowest BCUT2D eigenvalue weighted by molar-refractivity contribution is -0.118. The van der Waals surface area contributed by atoms with E-state index in [2.05, 4.69) is 10.5 Å². The van der Waals surface area contributed by atoms with Gasteiger partial charge in [-0.3, -0.25) is 14.2 Å². The van der Waals surface area contributed by atoms with Crippen LogP contribution in [0, 0.1) is 0 Å². The highest BCUT2D eigenvalue weighted by Crippen LogP contribution is 2.35. The first kappa shape index (κ1) is 26.7. The number of aryl methyl sites for hydroxylation is 2. The molecule has 11 heteroatoms. The number of nitrogens with zero attached hydrogens (tertiary/aromatic N) is 3. The summed E-state index contributed by atoms with van der Waals surface area (Å²) in [5, 5.41) is 6.29. The van der Waals surface area contributed by atoms with Crippen molar-refractivity contribution < 1.29 is 9.53 Å². The molecule has 0 atom stereocenters. The van der Waals surface area contributed by atoms with Crippen LogP contribution < -0.4 is 15.7 Å². The van der Waals surface area contributed by atoms with Crippen LogP contribution in [-0.2, 0) is 17.6 Å². The zero-order valence-electron chi connectivity index (χ0n) is 20.7. The average Bonchev–Trinajstić information content (AvgIpc) is 3.29. The highest BCUT2D eigenvalue weighted by atomic mass is 35.5. The molecule has 1 amide bonds. The lowest BCUT2D eigenvalue weighted by Gasteiger charge is -2.14. The summed E-state index contributed by atoms with van der Waals surface area (Å²) < 4.78 is 6.87. The quantitative estimate of drug-likeness (QED) is 0.119. The van der Waals surface area contributed by atoms with Crippen LogP contribution in [0.15, 0.2) is 57.5 Å². The molecule has 0 spiro atoms. The van der Waals surface area contributed by atoms with Crippen molar-refractivity contribution in [2.24, 2.45) is 5.10 Å². The van der Waals surface area contributed by atoms with Gasteiger partial charge in [0.05, 0.1) is 34.7 Å². The van der Waals surface area contributed by atoms with Crippen molar-refractivity contribution in [1.82, 2.24) is 15.0 Å². The first-order chi connectivity index (χ1) is 18.4. The Balaban J connectivity index is 1.44. The number of benzene rings is 2. The first-order valence-corrected chi connectivity index (χ1v) is 14.5. The highest BCUT2D eigenvalue weighted by Gasteiger charge is 2.23. The number of hydrazone groups is 1. The fraction of sp³-hybridized carbons (Fsp3) is 0.259. The number of thiophene rings is 1. The summed E-state index contributed by atoms with van der Waals surface area (Å²) in [6.07, 6.45) is 4.05. The monoisotopic (exact) mass is 586 g/mol. The number of aromatic nitrogens is 2. The normalized spacial score (nSPS) is 13.4. The van der Waals surface area contributed by atoms with E-state index in [4.69, 9.17) is 32.9 Å². The summed E-state index contributed by atoms with van der Waals surface area (Å²) in [4.78, 5) is 33.4. The number of halogens is 2. The van der Waals surface area contributed by atoms with Gasteiger partial charge in [0.2, 0.25) is 0 Å². The third-order valence-electron chi connectivity index (χ3n) is 6.29. The van der Waals surface area contributed by atoms with Crippen LogP contribution in [-0.4, -0.2) is 34.0 Å². The Hall–Kier alpha value is -2.85. The topological polar surface area (TPSA) is 85.6 Å². The van der Waals surface area contributed by atoms with Crippen molar-refractivity contribution in [3.63, 3.8) is 0 Å². The molecule has 4 aromatic rings. The van der Waals surface area contributed by atoms with Crippen molar-refractivity contribution in [3.8, 4) is 11.4 Å². The van der Waals surface area contributed by atoms with E-state index in [9.17, 15) is 9.59 Å². The maximum absolute atomic E-state index is 13.9. The third kappa shape index (κ3) is 5.47. The second-order valence-corrected chi connectivity index (χ2v) is 11.6. The fourth-order valence-electron chi connectivity index (χ4n) is 4.39. The molecule has 5 rings (SSSR count). The van der Waals surface area contributed by atoms with Gasteiger partial charge in [0, 0.05) is 15.5 Å². The lowest BCUT2D eigenvalue weighted by Crippen LogP contribution is -2.24. The van der Waals surface area contributed by atoms with E-state index < -0.39 is 0 Å². The minimum absolute atomic E-state index is 0.0182. The number of ether oxygens (including phenoxy) is 1. The van der Waals surface area contributed by atoms with Crippen LogP contribution in [0.2, 0.25) is 10.0 Å². The molecule has 0 bridgehead atoms. The third-order valence-corrected chi connectivity index (χ3v) is 8.96. The van der Waals surface area contributed by atoms with Gasteiger partial charge in [-0.25, -0.2) is 10.4 Å². The summed E-state index contributed by atoms with van der Waals surface area (Å²) >= 11 is 15.0.